The van der Waals surface area contributed by atoms with E-state index in [1.807, 2.05) is 48.5 Å². The fourth-order valence-electron chi connectivity index (χ4n) is 3.46. The summed E-state index contributed by atoms with van der Waals surface area (Å²) in [7, 11) is 0. The van der Waals surface area contributed by atoms with Crippen molar-refractivity contribution in [1.29, 1.82) is 0 Å². The van der Waals surface area contributed by atoms with Gasteiger partial charge in [-0.15, -0.1) is 0 Å². The van der Waals surface area contributed by atoms with E-state index in [2.05, 4.69) is 22.5 Å². The first-order valence-electron chi connectivity index (χ1n) is 9.67. The zero-order valence-corrected chi connectivity index (χ0v) is 16.8. The molecule has 0 aromatic heterocycles. The van der Waals surface area contributed by atoms with Gasteiger partial charge in [-0.25, -0.2) is 9.59 Å². The van der Waals surface area contributed by atoms with Gasteiger partial charge in [-0.2, -0.15) is 0 Å². The Bertz CT molecular complexity index is 1010. The highest BCUT2D eigenvalue weighted by molar-refractivity contribution is 5.96. The molecule has 0 saturated heterocycles. The quantitative estimate of drug-likeness (QED) is 0.523. The highest BCUT2D eigenvalue weighted by atomic mass is 16.5. The van der Waals surface area contributed by atoms with Crippen LogP contribution >= 0.6 is 0 Å². The number of carboxylic acids is 1. The van der Waals surface area contributed by atoms with Crippen LogP contribution in [0, 0.1) is 11.8 Å². The van der Waals surface area contributed by atoms with E-state index < -0.39 is 30.1 Å². The first-order valence-corrected chi connectivity index (χ1v) is 9.67. The number of hydrogen-bond donors (Lipinski definition) is 4. The second-order valence-corrected chi connectivity index (χ2v) is 7.01. The van der Waals surface area contributed by atoms with Crippen LogP contribution in [0.4, 0.5) is 4.79 Å². The molecule has 31 heavy (non-hydrogen) atoms. The van der Waals surface area contributed by atoms with E-state index >= 15 is 0 Å². The Hall–Kier alpha value is -3.83. The maximum atomic E-state index is 12.0. The monoisotopic (exact) mass is 422 g/mol. The molecule has 160 valence electrons. The van der Waals surface area contributed by atoms with Crippen molar-refractivity contribution in [3.05, 3.63) is 59.7 Å². The van der Waals surface area contributed by atoms with E-state index in [1.165, 1.54) is 6.92 Å². The van der Waals surface area contributed by atoms with Crippen molar-refractivity contribution in [2.45, 2.75) is 25.0 Å². The highest BCUT2D eigenvalue weighted by Crippen LogP contribution is 2.44. The van der Waals surface area contributed by atoms with Crippen molar-refractivity contribution in [3.63, 3.8) is 0 Å². The standard InChI is InChI=1S/C23H22N2O6/c1-14(26)21(22(28)29)25-20(27)11-6-12-24-23(30)31-13-19-17-9-4-2-7-15(17)16-8-3-5-10-18(16)19/h2-5,7-10,14,19,21,26H,12-13H2,1H3,(H,24,30)(H,25,27)(H,28,29)/t14-,21+/m1/s1. The lowest BCUT2D eigenvalue weighted by Crippen LogP contribution is -2.47. The third kappa shape index (κ3) is 5.21. The Labute approximate surface area is 179 Å². The van der Waals surface area contributed by atoms with Gasteiger partial charge in [0.25, 0.3) is 5.91 Å². The summed E-state index contributed by atoms with van der Waals surface area (Å²) in [4.78, 5) is 34.6. The second kappa shape index (κ2) is 9.78. The number of aliphatic carboxylic acids is 1. The topological polar surface area (TPSA) is 125 Å². The Kier molecular flexibility index (Phi) is 6.90. The predicted octanol–water partition coefficient (Wildman–Crippen LogP) is 1.48. The van der Waals surface area contributed by atoms with Gasteiger partial charge in [0.15, 0.2) is 6.04 Å². The number of carbonyl (C=O) groups excluding carboxylic acids is 2. The fraction of sp³-hybridized carbons (Fsp3) is 0.261. The minimum atomic E-state index is -1.46. The minimum Gasteiger partial charge on any atom is -0.480 e. The Balaban J connectivity index is 1.50. The van der Waals surface area contributed by atoms with Crippen LogP contribution in [0.2, 0.25) is 0 Å². The van der Waals surface area contributed by atoms with Crippen LogP contribution in [0.15, 0.2) is 48.5 Å². The molecule has 0 spiro atoms. The van der Waals surface area contributed by atoms with Gasteiger partial charge in [-0.05, 0) is 35.1 Å². The maximum absolute atomic E-state index is 12.0. The van der Waals surface area contributed by atoms with E-state index in [0.717, 1.165) is 22.3 Å². The van der Waals surface area contributed by atoms with Crippen LogP contribution in [0.1, 0.15) is 24.0 Å². The molecule has 2 aromatic rings. The van der Waals surface area contributed by atoms with Gasteiger partial charge in [-0.1, -0.05) is 54.5 Å². The summed E-state index contributed by atoms with van der Waals surface area (Å²) < 4.78 is 5.35. The number of alkyl carbamates (subject to hydrolysis) is 1. The number of ether oxygens (including phenoxy) is 1. The molecule has 0 saturated carbocycles. The van der Waals surface area contributed by atoms with E-state index in [0.29, 0.717) is 0 Å². The molecule has 0 bridgehead atoms. The summed E-state index contributed by atoms with van der Waals surface area (Å²) in [5.74, 6) is 2.25. The first-order chi connectivity index (χ1) is 14.9. The van der Waals surface area contributed by atoms with Crippen LogP contribution in [-0.4, -0.2) is 53.5 Å². The molecular weight excluding hydrogens is 400 g/mol. The molecule has 1 aliphatic rings. The third-order valence-corrected chi connectivity index (χ3v) is 4.90. The molecular formula is C23H22N2O6. The van der Waals surface area contributed by atoms with Gasteiger partial charge < -0.3 is 25.6 Å². The minimum absolute atomic E-state index is 0.0663. The summed E-state index contributed by atoms with van der Waals surface area (Å²) in [5.41, 5.74) is 4.44. The van der Waals surface area contributed by atoms with Crippen molar-refractivity contribution in [3.8, 4) is 23.0 Å². The zero-order valence-electron chi connectivity index (χ0n) is 16.8. The summed E-state index contributed by atoms with van der Waals surface area (Å²) in [5, 5.41) is 22.7. The first kappa shape index (κ1) is 21.9. The number of amides is 2. The molecule has 8 nitrogen and oxygen atoms in total. The predicted molar refractivity (Wildman–Crippen MR) is 112 cm³/mol. The van der Waals surface area contributed by atoms with Gasteiger partial charge in [0, 0.05) is 5.92 Å². The van der Waals surface area contributed by atoms with Crippen molar-refractivity contribution in [1.82, 2.24) is 10.6 Å². The lowest BCUT2D eigenvalue weighted by atomic mass is 9.98. The van der Waals surface area contributed by atoms with Gasteiger partial charge in [0.05, 0.1) is 12.6 Å². The van der Waals surface area contributed by atoms with Crippen molar-refractivity contribution in [2.75, 3.05) is 13.2 Å². The van der Waals surface area contributed by atoms with Crippen LogP contribution in [0.25, 0.3) is 11.1 Å². The van der Waals surface area contributed by atoms with Gasteiger partial charge in [-0.3, -0.25) is 4.79 Å². The molecule has 2 aromatic carbocycles. The lowest BCUT2D eigenvalue weighted by Gasteiger charge is -2.14. The molecule has 4 N–H and O–H groups in total. The van der Waals surface area contributed by atoms with Crippen molar-refractivity contribution < 1.29 is 29.3 Å². The molecule has 2 atom stereocenters. The molecule has 0 unspecified atom stereocenters. The Morgan fingerprint density at radius 1 is 1.06 bits per heavy atom. The number of aliphatic hydroxyl groups is 1. The van der Waals surface area contributed by atoms with E-state index in [4.69, 9.17) is 9.84 Å². The average Bonchev–Trinajstić information content (AvgIpc) is 3.07. The fourth-order valence-corrected chi connectivity index (χ4v) is 3.46. The maximum Gasteiger partial charge on any atom is 0.407 e. The lowest BCUT2D eigenvalue weighted by molar-refractivity contribution is -0.144. The third-order valence-electron chi connectivity index (χ3n) is 4.90. The number of rotatable bonds is 6. The summed E-state index contributed by atoms with van der Waals surface area (Å²) in [6, 6.07) is 14.5. The summed E-state index contributed by atoms with van der Waals surface area (Å²) in [6.45, 7) is 1.24. The number of fused-ring (bicyclic) bond motifs is 3. The Morgan fingerprint density at radius 3 is 2.19 bits per heavy atom. The molecule has 0 fully saturated rings. The SMILES string of the molecule is C[C@@H](O)[C@H](NC(=O)C#CCNC(=O)OCC1c2ccccc2-c2ccccc21)C(=O)O. The zero-order chi connectivity index (χ0) is 22.4. The highest BCUT2D eigenvalue weighted by Gasteiger charge is 2.29. The van der Waals surface area contributed by atoms with Gasteiger partial charge in [0.1, 0.15) is 6.61 Å². The van der Waals surface area contributed by atoms with Crippen LogP contribution < -0.4 is 10.6 Å². The number of benzene rings is 2. The van der Waals surface area contributed by atoms with Gasteiger partial charge >= 0.3 is 12.1 Å². The molecule has 1 aliphatic carbocycles. The van der Waals surface area contributed by atoms with Crippen molar-refractivity contribution >= 4 is 18.0 Å². The molecule has 0 radical (unpaired) electrons. The number of aliphatic hydroxyl groups excluding tert-OH is 1. The smallest absolute Gasteiger partial charge is 0.407 e. The van der Waals surface area contributed by atoms with Crippen molar-refractivity contribution in [2.24, 2.45) is 0 Å². The van der Waals surface area contributed by atoms with Crippen LogP contribution in [0.5, 0.6) is 0 Å². The number of carbonyl (C=O) groups is 3. The van der Waals surface area contributed by atoms with Crippen LogP contribution in [0.3, 0.4) is 0 Å². The normalized spacial score (nSPS) is 13.6. The average molecular weight is 422 g/mol. The Morgan fingerprint density at radius 2 is 1.65 bits per heavy atom. The van der Waals surface area contributed by atoms with E-state index in [1.54, 1.807) is 0 Å². The number of hydrogen-bond acceptors (Lipinski definition) is 5. The summed E-state index contributed by atoms with van der Waals surface area (Å²) in [6.07, 6.45) is -1.95. The van der Waals surface area contributed by atoms with Crippen LogP contribution in [-0.2, 0) is 14.3 Å². The van der Waals surface area contributed by atoms with E-state index in [9.17, 15) is 19.5 Å². The van der Waals surface area contributed by atoms with E-state index in [-0.39, 0.29) is 19.1 Å². The molecule has 8 heteroatoms. The largest absolute Gasteiger partial charge is 0.480 e. The molecule has 2 amide bonds. The molecule has 0 aliphatic heterocycles. The molecule has 3 rings (SSSR count). The molecule has 0 heterocycles. The second-order valence-electron chi connectivity index (χ2n) is 7.01. The number of nitrogens with one attached hydrogen (secondary N) is 2. The summed E-state index contributed by atoms with van der Waals surface area (Å²) >= 11 is 0. The number of carboxylic acid groups (broad SMARTS) is 1. The van der Waals surface area contributed by atoms with Gasteiger partial charge in [0.2, 0.25) is 0 Å².